The largest absolute Gasteiger partial charge is 0.317 e. The van der Waals surface area contributed by atoms with E-state index in [-0.39, 0.29) is 0 Å². The maximum atomic E-state index is 3.29. The number of nitrogens with one attached hydrogen (secondary N) is 1. The van der Waals surface area contributed by atoms with Gasteiger partial charge in [0.1, 0.15) is 0 Å². The minimum Gasteiger partial charge on any atom is -0.317 e. The average molecular weight is 219 g/mol. The second-order valence-corrected chi connectivity index (χ2v) is 4.99. The molecule has 15 heavy (non-hydrogen) atoms. The zero-order chi connectivity index (χ0) is 10.8. The first-order valence-electron chi connectivity index (χ1n) is 5.35. The van der Waals surface area contributed by atoms with Crippen molar-refractivity contribution in [2.24, 2.45) is 0 Å². The number of hydrogen-bond acceptors (Lipinski definition) is 2. The molecule has 1 N–H and O–H groups in total. The van der Waals surface area contributed by atoms with Crippen molar-refractivity contribution in [3.63, 3.8) is 0 Å². The number of aryl methyl sites for hydroxylation is 1. The van der Waals surface area contributed by atoms with Crippen LogP contribution in [0.3, 0.4) is 0 Å². The number of likely N-dealkylation sites (N-methyl/N-ethyl adjacent to an activating group) is 1. The Kier molecular flexibility index (Phi) is 3.08. The van der Waals surface area contributed by atoms with Gasteiger partial charge in [0, 0.05) is 10.7 Å². The number of rotatable bonds is 3. The van der Waals surface area contributed by atoms with Crippen molar-refractivity contribution in [3.05, 3.63) is 34.7 Å². The van der Waals surface area contributed by atoms with E-state index in [1.54, 1.807) is 0 Å². The van der Waals surface area contributed by atoms with Gasteiger partial charge in [-0.05, 0) is 49.2 Å². The van der Waals surface area contributed by atoms with Crippen molar-refractivity contribution >= 4 is 21.4 Å². The predicted molar refractivity (Wildman–Crippen MR) is 68.8 cm³/mol. The van der Waals surface area contributed by atoms with Crippen LogP contribution >= 0.6 is 11.3 Å². The van der Waals surface area contributed by atoms with Crippen LogP contribution in [0.15, 0.2) is 23.6 Å². The molecule has 0 fully saturated rings. The Hall–Kier alpha value is -0.860. The summed E-state index contributed by atoms with van der Waals surface area (Å²) in [5.74, 6) is 0. The van der Waals surface area contributed by atoms with Gasteiger partial charge in [-0.2, -0.15) is 0 Å². The van der Waals surface area contributed by atoms with Crippen LogP contribution in [-0.4, -0.2) is 13.1 Å². The van der Waals surface area contributed by atoms with E-state index >= 15 is 0 Å². The van der Waals surface area contributed by atoms with Crippen molar-refractivity contribution in [2.75, 3.05) is 7.05 Å². The quantitative estimate of drug-likeness (QED) is 0.834. The highest BCUT2D eigenvalue weighted by molar-refractivity contribution is 7.17. The topological polar surface area (TPSA) is 12.0 Å². The first kappa shape index (κ1) is 10.7. The molecule has 2 aromatic rings. The molecular weight excluding hydrogens is 202 g/mol. The van der Waals surface area contributed by atoms with Gasteiger partial charge in [0.2, 0.25) is 0 Å². The summed E-state index contributed by atoms with van der Waals surface area (Å²) in [7, 11) is 2.02. The van der Waals surface area contributed by atoms with Gasteiger partial charge in [-0.15, -0.1) is 11.3 Å². The number of fused-ring (bicyclic) bond motifs is 1. The van der Waals surface area contributed by atoms with Crippen LogP contribution < -0.4 is 5.32 Å². The van der Waals surface area contributed by atoms with Gasteiger partial charge in [0.25, 0.3) is 0 Å². The van der Waals surface area contributed by atoms with E-state index in [2.05, 4.69) is 42.7 Å². The van der Waals surface area contributed by atoms with Gasteiger partial charge >= 0.3 is 0 Å². The Balaban J connectivity index is 2.41. The monoisotopic (exact) mass is 219 g/mol. The lowest BCUT2D eigenvalue weighted by molar-refractivity contribution is 0.611. The maximum absolute atomic E-state index is 3.29. The normalized spacial score (nSPS) is 13.3. The molecule has 1 aromatic carbocycles. The molecule has 1 unspecified atom stereocenters. The fraction of sp³-hybridized carbons (Fsp3) is 0.385. The third-order valence-electron chi connectivity index (χ3n) is 2.90. The molecule has 0 bridgehead atoms. The summed E-state index contributed by atoms with van der Waals surface area (Å²) in [5, 5.41) is 7.02. The molecule has 1 nitrogen and oxygen atoms in total. The summed E-state index contributed by atoms with van der Waals surface area (Å²) in [5.41, 5.74) is 2.86. The van der Waals surface area contributed by atoms with Crippen molar-refractivity contribution in [2.45, 2.75) is 26.3 Å². The highest BCUT2D eigenvalue weighted by Crippen LogP contribution is 2.29. The van der Waals surface area contributed by atoms with Gasteiger partial charge in [-0.25, -0.2) is 0 Å². The molecule has 0 radical (unpaired) electrons. The van der Waals surface area contributed by atoms with Crippen molar-refractivity contribution in [1.82, 2.24) is 5.32 Å². The van der Waals surface area contributed by atoms with Gasteiger partial charge in [-0.3, -0.25) is 0 Å². The zero-order valence-electron chi connectivity index (χ0n) is 9.50. The van der Waals surface area contributed by atoms with Crippen LogP contribution in [-0.2, 0) is 6.42 Å². The molecule has 0 spiro atoms. The van der Waals surface area contributed by atoms with Crippen LogP contribution in [0.2, 0.25) is 0 Å². The maximum Gasteiger partial charge on any atom is 0.0374 e. The van der Waals surface area contributed by atoms with E-state index in [9.17, 15) is 0 Å². The standard InChI is InChI=1S/C13H17NS/c1-9-5-4-6-12-11(7-10(2)14-3)8-15-13(9)12/h4-6,8,10,14H,7H2,1-3H3. The lowest BCUT2D eigenvalue weighted by atomic mass is 10.0. The van der Waals surface area contributed by atoms with Crippen LogP contribution in [0.4, 0.5) is 0 Å². The Morgan fingerprint density at radius 2 is 2.20 bits per heavy atom. The molecule has 0 aliphatic carbocycles. The van der Waals surface area contributed by atoms with E-state index in [1.807, 2.05) is 18.4 Å². The number of benzene rings is 1. The van der Waals surface area contributed by atoms with Crippen LogP contribution in [0.5, 0.6) is 0 Å². The van der Waals surface area contributed by atoms with Gasteiger partial charge in [0.15, 0.2) is 0 Å². The lowest BCUT2D eigenvalue weighted by Crippen LogP contribution is -2.23. The second kappa shape index (κ2) is 4.33. The Morgan fingerprint density at radius 3 is 2.93 bits per heavy atom. The van der Waals surface area contributed by atoms with Crippen molar-refractivity contribution < 1.29 is 0 Å². The van der Waals surface area contributed by atoms with Gasteiger partial charge in [-0.1, -0.05) is 18.2 Å². The molecular formula is C13H17NS. The molecule has 2 heteroatoms. The summed E-state index contributed by atoms with van der Waals surface area (Å²) in [6.07, 6.45) is 1.11. The summed E-state index contributed by atoms with van der Waals surface area (Å²) < 4.78 is 1.44. The SMILES string of the molecule is CNC(C)Cc1csc2c(C)cccc12. The predicted octanol–water partition coefficient (Wildman–Crippen LogP) is 3.36. The smallest absolute Gasteiger partial charge is 0.0374 e. The molecule has 1 aromatic heterocycles. The van der Waals surface area contributed by atoms with Gasteiger partial charge in [0.05, 0.1) is 0 Å². The third kappa shape index (κ3) is 2.06. The minimum absolute atomic E-state index is 0.545. The van der Waals surface area contributed by atoms with Crippen LogP contribution in [0, 0.1) is 6.92 Å². The van der Waals surface area contributed by atoms with E-state index < -0.39 is 0 Å². The van der Waals surface area contributed by atoms with Crippen molar-refractivity contribution in [1.29, 1.82) is 0 Å². The molecule has 80 valence electrons. The molecule has 2 rings (SSSR count). The first-order chi connectivity index (χ1) is 7.22. The minimum atomic E-state index is 0.545. The molecule has 0 saturated carbocycles. The fourth-order valence-corrected chi connectivity index (χ4v) is 2.91. The summed E-state index contributed by atoms with van der Waals surface area (Å²) in [6.45, 7) is 4.41. The molecule has 0 amide bonds. The van der Waals surface area contributed by atoms with Crippen molar-refractivity contribution in [3.8, 4) is 0 Å². The molecule has 1 atom stereocenters. The van der Waals surface area contributed by atoms with E-state index in [0.29, 0.717) is 6.04 Å². The lowest BCUT2D eigenvalue weighted by Gasteiger charge is -2.08. The second-order valence-electron chi connectivity index (χ2n) is 4.11. The average Bonchev–Trinajstić information content (AvgIpc) is 2.63. The highest BCUT2D eigenvalue weighted by Gasteiger charge is 2.08. The van der Waals surface area contributed by atoms with E-state index in [0.717, 1.165) is 6.42 Å². The van der Waals surface area contributed by atoms with Crippen LogP contribution in [0.1, 0.15) is 18.1 Å². The highest BCUT2D eigenvalue weighted by atomic mass is 32.1. The number of hydrogen-bond donors (Lipinski definition) is 1. The first-order valence-corrected chi connectivity index (χ1v) is 6.23. The summed E-state index contributed by atoms with van der Waals surface area (Å²) in [6, 6.07) is 7.11. The molecule has 0 aliphatic rings. The summed E-state index contributed by atoms with van der Waals surface area (Å²) in [4.78, 5) is 0. The van der Waals surface area contributed by atoms with Crippen LogP contribution in [0.25, 0.3) is 10.1 Å². The zero-order valence-corrected chi connectivity index (χ0v) is 10.3. The molecule has 1 heterocycles. The Labute approximate surface area is 95.1 Å². The fourth-order valence-electron chi connectivity index (χ4n) is 1.85. The summed E-state index contributed by atoms with van der Waals surface area (Å²) >= 11 is 1.87. The Morgan fingerprint density at radius 1 is 1.40 bits per heavy atom. The Bertz CT molecular complexity index is 459. The van der Waals surface area contributed by atoms with E-state index in [1.165, 1.54) is 21.2 Å². The van der Waals surface area contributed by atoms with E-state index in [4.69, 9.17) is 0 Å². The third-order valence-corrected chi connectivity index (χ3v) is 4.08. The molecule has 0 saturated heterocycles. The van der Waals surface area contributed by atoms with Gasteiger partial charge < -0.3 is 5.32 Å². The number of thiophene rings is 1. The molecule has 0 aliphatic heterocycles.